The van der Waals surface area contributed by atoms with Crippen molar-refractivity contribution in [2.75, 3.05) is 0 Å². The number of carbonyl (C=O) groups is 2. The second kappa shape index (κ2) is 11.0. The summed E-state index contributed by atoms with van der Waals surface area (Å²) in [5.41, 5.74) is 1.75. The summed E-state index contributed by atoms with van der Waals surface area (Å²) in [7, 11) is 0. The van der Waals surface area contributed by atoms with Crippen molar-refractivity contribution < 1.29 is 19.1 Å². The molecule has 1 fully saturated rings. The summed E-state index contributed by atoms with van der Waals surface area (Å²) in [6.45, 7) is 9.89. The first kappa shape index (κ1) is 25.0. The zero-order valence-corrected chi connectivity index (χ0v) is 20.5. The van der Waals surface area contributed by atoms with Gasteiger partial charge >= 0.3 is 11.9 Å². The maximum Gasteiger partial charge on any atom is 0.314 e. The second-order valence-corrected chi connectivity index (χ2v) is 9.95. The molecule has 0 amide bonds. The lowest BCUT2D eigenvalue weighted by Gasteiger charge is -2.45. The molecule has 178 valence electrons. The van der Waals surface area contributed by atoms with Crippen LogP contribution in [-0.2, 0) is 25.6 Å². The van der Waals surface area contributed by atoms with Crippen LogP contribution in [0.1, 0.15) is 71.0 Å². The monoisotopic (exact) mass is 451 g/mol. The fourth-order valence-electron chi connectivity index (χ4n) is 4.79. The molecule has 5 heteroatoms. The third-order valence-electron chi connectivity index (χ3n) is 6.21. The van der Waals surface area contributed by atoms with Crippen molar-refractivity contribution in [3.8, 4) is 0 Å². The van der Waals surface area contributed by atoms with E-state index >= 15 is 0 Å². The Morgan fingerprint density at radius 2 is 1.61 bits per heavy atom. The third-order valence-corrected chi connectivity index (χ3v) is 6.21. The molecule has 1 aliphatic carbocycles. The van der Waals surface area contributed by atoms with E-state index in [0.717, 1.165) is 12.8 Å². The topological polar surface area (TPSA) is 55.8 Å². The van der Waals surface area contributed by atoms with Crippen molar-refractivity contribution in [3.05, 3.63) is 71.8 Å². The summed E-state index contributed by atoms with van der Waals surface area (Å²) in [5.74, 6) is -1.20. The van der Waals surface area contributed by atoms with Gasteiger partial charge in [-0.3, -0.25) is 14.5 Å². The average molecular weight is 452 g/mol. The molecule has 5 nitrogen and oxygen atoms in total. The minimum absolute atomic E-state index is 0.0671. The highest BCUT2D eigenvalue weighted by atomic mass is 16.6. The van der Waals surface area contributed by atoms with Gasteiger partial charge in [-0.1, -0.05) is 60.7 Å². The molecule has 1 saturated carbocycles. The highest BCUT2D eigenvalue weighted by molar-refractivity contribution is 5.75. The lowest BCUT2D eigenvalue weighted by molar-refractivity contribution is -0.177. The van der Waals surface area contributed by atoms with Gasteiger partial charge in [0.25, 0.3) is 0 Å². The second-order valence-electron chi connectivity index (χ2n) is 9.95. The van der Waals surface area contributed by atoms with Crippen molar-refractivity contribution in [1.29, 1.82) is 0 Å². The van der Waals surface area contributed by atoms with Crippen LogP contribution in [0.2, 0.25) is 0 Å². The Balaban J connectivity index is 2.01. The van der Waals surface area contributed by atoms with Crippen molar-refractivity contribution in [1.82, 2.24) is 4.90 Å². The summed E-state index contributed by atoms with van der Waals surface area (Å²) in [6, 6.07) is 20.6. The fourth-order valence-corrected chi connectivity index (χ4v) is 4.79. The summed E-state index contributed by atoms with van der Waals surface area (Å²) in [6.07, 6.45) is 1.90. The predicted octanol–water partition coefficient (Wildman–Crippen LogP) is 5.69. The molecule has 0 saturated heterocycles. The maximum absolute atomic E-state index is 13.5. The van der Waals surface area contributed by atoms with Gasteiger partial charge in [-0.05, 0) is 58.1 Å². The van der Waals surface area contributed by atoms with E-state index in [9.17, 15) is 9.59 Å². The van der Waals surface area contributed by atoms with Crippen LogP contribution in [0.15, 0.2) is 60.7 Å². The summed E-state index contributed by atoms with van der Waals surface area (Å²) < 4.78 is 11.5. The molecule has 0 spiro atoms. The van der Waals surface area contributed by atoms with Crippen LogP contribution >= 0.6 is 0 Å². The average Bonchev–Trinajstić information content (AvgIpc) is 2.76. The zero-order chi connectivity index (χ0) is 24.0. The Morgan fingerprint density at radius 1 is 1.00 bits per heavy atom. The lowest BCUT2D eigenvalue weighted by Crippen LogP contribution is -2.53. The van der Waals surface area contributed by atoms with Gasteiger partial charge in [0.2, 0.25) is 0 Å². The van der Waals surface area contributed by atoms with Crippen LogP contribution in [0.25, 0.3) is 0 Å². The quantitative estimate of drug-likeness (QED) is 0.506. The number of hydrogen-bond acceptors (Lipinski definition) is 5. The van der Waals surface area contributed by atoms with Crippen LogP contribution in [0, 0.1) is 5.92 Å². The number of nitrogens with zero attached hydrogens (tertiary/aromatic N) is 1. The minimum atomic E-state index is -0.616. The number of ether oxygens (including phenoxy) is 2. The normalized spacial score (nSPS) is 21.9. The van der Waals surface area contributed by atoms with Crippen LogP contribution in [0.5, 0.6) is 0 Å². The Bertz CT molecular complexity index is 906. The van der Waals surface area contributed by atoms with Crippen molar-refractivity contribution in [3.63, 3.8) is 0 Å². The van der Waals surface area contributed by atoms with Gasteiger partial charge in [0.1, 0.15) is 17.6 Å². The molecule has 3 rings (SSSR count). The summed E-state index contributed by atoms with van der Waals surface area (Å²) >= 11 is 0. The summed E-state index contributed by atoms with van der Waals surface area (Å²) in [4.78, 5) is 27.8. The molecule has 33 heavy (non-hydrogen) atoms. The van der Waals surface area contributed by atoms with E-state index in [1.54, 1.807) is 0 Å². The Morgan fingerprint density at radius 3 is 2.18 bits per heavy atom. The van der Waals surface area contributed by atoms with Gasteiger partial charge in [0.15, 0.2) is 0 Å². The van der Waals surface area contributed by atoms with Gasteiger partial charge in [0, 0.05) is 25.6 Å². The molecule has 0 heterocycles. The Kier molecular flexibility index (Phi) is 8.30. The molecule has 2 aromatic carbocycles. The number of carbonyl (C=O) groups excluding carboxylic acids is 2. The lowest BCUT2D eigenvalue weighted by atomic mass is 9.79. The van der Waals surface area contributed by atoms with Gasteiger partial charge in [-0.15, -0.1) is 0 Å². The largest absolute Gasteiger partial charge is 0.462 e. The van der Waals surface area contributed by atoms with Gasteiger partial charge in [-0.2, -0.15) is 0 Å². The molecular weight excluding hydrogens is 414 g/mol. The van der Waals surface area contributed by atoms with E-state index in [2.05, 4.69) is 36.1 Å². The van der Waals surface area contributed by atoms with E-state index in [1.165, 1.54) is 18.1 Å². The first-order chi connectivity index (χ1) is 15.7. The van der Waals surface area contributed by atoms with Crippen LogP contribution < -0.4 is 0 Å². The molecule has 4 atom stereocenters. The number of hydrogen-bond donors (Lipinski definition) is 0. The van der Waals surface area contributed by atoms with E-state index in [0.29, 0.717) is 13.0 Å². The first-order valence-corrected chi connectivity index (χ1v) is 11.9. The number of benzene rings is 2. The van der Waals surface area contributed by atoms with E-state index in [4.69, 9.17) is 9.47 Å². The van der Waals surface area contributed by atoms with Crippen LogP contribution in [-0.4, -0.2) is 34.6 Å². The van der Waals surface area contributed by atoms with E-state index in [1.807, 2.05) is 57.2 Å². The fraction of sp³-hybridized carbons (Fsp3) is 0.500. The smallest absolute Gasteiger partial charge is 0.314 e. The van der Waals surface area contributed by atoms with Gasteiger partial charge in [0.05, 0.1) is 0 Å². The third kappa shape index (κ3) is 6.91. The molecule has 0 bridgehead atoms. The predicted molar refractivity (Wildman–Crippen MR) is 129 cm³/mol. The molecule has 0 radical (unpaired) electrons. The SMILES string of the molecule is CC(=O)O[C@H]1CCC[C@H](N(Cc2ccccc2)[C@@H](C)c2ccccc2)[C@H]1C(=O)OC(C)(C)C. The molecule has 1 aliphatic rings. The standard InChI is InChI=1S/C28H37NO4/c1-20(23-15-10-7-11-16-23)29(19-22-13-8-6-9-14-22)24-17-12-18-25(32-21(2)30)26(24)27(31)33-28(3,4)5/h6-11,13-16,20,24-26H,12,17-19H2,1-5H3/t20-,24-,25-,26+/m0/s1. The first-order valence-electron chi connectivity index (χ1n) is 11.9. The van der Waals surface area contributed by atoms with Crippen molar-refractivity contribution in [2.45, 2.75) is 84.2 Å². The number of esters is 2. The van der Waals surface area contributed by atoms with Gasteiger partial charge < -0.3 is 9.47 Å². The van der Waals surface area contributed by atoms with Crippen molar-refractivity contribution in [2.24, 2.45) is 5.92 Å². The van der Waals surface area contributed by atoms with Crippen LogP contribution in [0.4, 0.5) is 0 Å². The van der Waals surface area contributed by atoms with Crippen molar-refractivity contribution >= 4 is 11.9 Å². The zero-order valence-electron chi connectivity index (χ0n) is 20.5. The molecule has 0 N–H and O–H groups in total. The minimum Gasteiger partial charge on any atom is -0.462 e. The molecule has 0 aromatic heterocycles. The van der Waals surface area contributed by atoms with E-state index < -0.39 is 17.6 Å². The summed E-state index contributed by atoms with van der Waals surface area (Å²) in [5, 5.41) is 0. The molecule has 0 unspecified atom stereocenters. The highest BCUT2D eigenvalue weighted by Crippen LogP contribution is 2.38. The number of rotatable bonds is 7. The maximum atomic E-state index is 13.5. The highest BCUT2D eigenvalue weighted by Gasteiger charge is 2.46. The molecular formula is C28H37NO4. The molecule has 0 aliphatic heterocycles. The molecule has 2 aromatic rings. The Labute approximate surface area is 198 Å². The van der Waals surface area contributed by atoms with Crippen LogP contribution in [0.3, 0.4) is 0 Å². The Hall–Kier alpha value is -2.66. The van der Waals surface area contributed by atoms with E-state index in [-0.39, 0.29) is 24.0 Å². The van der Waals surface area contributed by atoms with Gasteiger partial charge in [-0.25, -0.2) is 0 Å².